The molecule has 0 aliphatic carbocycles. The molecular formula is C9H11ClO2S. The number of carbonyl (C=O) groups is 1. The number of ketones is 1. The summed E-state index contributed by atoms with van der Waals surface area (Å²) >= 11 is 7.01. The van der Waals surface area contributed by atoms with E-state index in [4.69, 9.17) is 16.3 Å². The van der Waals surface area contributed by atoms with E-state index < -0.39 is 0 Å². The van der Waals surface area contributed by atoms with E-state index in [1.54, 1.807) is 19.2 Å². The van der Waals surface area contributed by atoms with E-state index in [1.165, 1.54) is 11.3 Å². The first-order valence-electron chi connectivity index (χ1n) is 4.01. The Bertz CT molecular complexity index is 292. The van der Waals surface area contributed by atoms with E-state index in [-0.39, 0.29) is 11.9 Å². The van der Waals surface area contributed by atoms with E-state index >= 15 is 0 Å². The molecule has 0 N–H and O–H groups in total. The number of carbonyl (C=O) groups excluding carboxylic acids is 1. The molecule has 0 aliphatic rings. The van der Waals surface area contributed by atoms with Gasteiger partial charge in [0.25, 0.3) is 0 Å². The van der Waals surface area contributed by atoms with Crippen LogP contribution in [0.4, 0.5) is 0 Å². The molecule has 0 saturated carbocycles. The van der Waals surface area contributed by atoms with Gasteiger partial charge in [-0.1, -0.05) is 18.5 Å². The van der Waals surface area contributed by atoms with Gasteiger partial charge in [0.05, 0.1) is 9.21 Å². The quantitative estimate of drug-likeness (QED) is 0.727. The van der Waals surface area contributed by atoms with E-state index in [2.05, 4.69) is 0 Å². The highest BCUT2D eigenvalue weighted by molar-refractivity contribution is 7.18. The van der Waals surface area contributed by atoms with Crippen LogP contribution >= 0.6 is 22.9 Å². The zero-order chi connectivity index (χ0) is 9.84. The average Bonchev–Trinajstić information content (AvgIpc) is 2.54. The van der Waals surface area contributed by atoms with Gasteiger partial charge in [-0.25, -0.2) is 0 Å². The van der Waals surface area contributed by atoms with Gasteiger partial charge in [-0.3, -0.25) is 4.79 Å². The van der Waals surface area contributed by atoms with Crippen LogP contribution < -0.4 is 0 Å². The molecule has 13 heavy (non-hydrogen) atoms. The molecular weight excluding hydrogens is 208 g/mol. The maximum absolute atomic E-state index is 11.6. The minimum Gasteiger partial charge on any atom is -0.373 e. The summed E-state index contributed by atoms with van der Waals surface area (Å²) in [6.07, 6.45) is 0.347. The van der Waals surface area contributed by atoms with Crippen molar-refractivity contribution in [2.75, 3.05) is 7.11 Å². The zero-order valence-corrected chi connectivity index (χ0v) is 9.11. The van der Waals surface area contributed by atoms with Crippen molar-refractivity contribution in [3.63, 3.8) is 0 Å². The summed E-state index contributed by atoms with van der Waals surface area (Å²) < 4.78 is 5.67. The van der Waals surface area contributed by atoms with Gasteiger partial charge >= 0.3 is 0 Å². The van der Waals surface area contributed by atoms with Crippen molar-refractivity contribution in [2.45, 2.75) is 19.4 Å². The fourth-order valence-corrected chi connectivity index (χ4v) is 2.09. The second-order valence-corrected chi connectivity index (χ2v) is 4.32. The molecule has 1 rings (SSSR count). The third-order valence-electron chi connectivity index (χ3n) is 1.76. The highest BCUT2D eigenvalue weighted by Crippen LogP contribution is 2.23. The molecule has 0 radical (unpaired) electrons. The van der Waals surface area contributed by atoms with Gasteiger partial charge in [-0.15, -0.1) is 11.3 Å². The topological polar surface area (TPSA) is 26.3 Å². The Labute approximate surface area is 86.5 Å². The Hall–Kier alpha value is -0.380. The fourth-order valence-electron chi connectivity index (χ4n) is 1.06. The lowest BCUT2D eigenvalue weighted by atomic mass is 10.1. The molecule has 0 bridgehead atoms. The predicted octanol–water partition coefficient (Wildman–Crippen LogP) is 3.01. The van der Waals surface area contributed by atoms with E-state index in [0.717, 1.165) is 0 Å². The number of hydrogen-bond acceptors (Lipinski definition) is 3. The van der Waals surface area contributed by atoms with Gasteiger partial charge in [-0.2, -0.15) is 0 Å². The third-order valence-corrected chi connectivity index (χ3v) is 3.01. The van der Waals surface area contributed by atoms with Gasteiger partial charge < -0.3 is 4.74 Å². The number of methoxy groups -OCH3 is 1. The van der Waals surface area contributed by atoms with Gasteiger partial charge in [0, 0.05) is 7.11 Å². The molecule has 0 saturated heterocycles. The van der Waals surface area contributed by atoms with Crippen molar-refractivity contribution in [1.82, 2.24) is 0 Å². The summed E-state index contributed by atoms with van der Waals surface area (Å²) in [5, 5.41) is 0. The van der Waals surface area contributed by atoms with Crippen molar-refractivity contribution in [2.24, 2.45) is 0 Å². The van der Waals surface area contributed by atoms with Crippen LogP contribution in [0.3, 0.4) is 0 Å². The predicted molar refractivity (Wildman–Crippen MR) is 54.7 cm³/mol. The lowest BCUT2D eigenvalue weighted by Crippen LogP contribution is -2.20. The number of rotatable bonds is 4. The summed E-state index contributed by atoms with van der Waals surface area (Å²) in [5.41, 5.74) is 0. The molecule has 0 aromatic carbocycles. The van der Waals surface area contributed by atoms with Crippen LogP contribution in [0.1, 0.15) is 23.0 Å². The molecule has 1 atom stereocenters. The smallest absolute Gasteiger partial charge is 0.201 e. The van der Waals surface area contributed by atoms with Crippen LogP contribution in [0.5, 0.6) is 0 Å². The molecule has 1 aromatic heterocycles. The van der Waals surface area contributed by atoms with Crippen molar-refractivity contribution in [3.8, 4) is 0 Å². The van der Waals surface area contributed by atoms with E-state index in [9.17, 15) is 4.79 Å². The third kappa shape index (κ3) is 2.53. The lowest BCUT2D eigenvalue weighted by Gasteiger charge is -2.09. The SMILES string of the molecule is CCC(OC)C(=O)c1ccc(Cl)s1. The molecule has 1 aromatic rings. The fraction of sp³-hybridized carbons (Fsp3) is 0.444. The molecule has 0 spiro atoms. The van der Waals surface area contributed by atoms with Gasteiger partial charge in [0.2, 0.25) is 5.78 Å². The summed E-state index contributed by atoms with van der Waals surface area (Å²) in [6.45, 7) is 1.92. The zero-order valence-electron chi connectivity index (χ0n) is 7.54. The van der Waals surface area contributed by atoms with Crippen LogP contribution in [-0.2, 0) is 4.74 Å². The minimum absolute atomic E-state index is 0.0156. The Morgan fingerprint density at radius 3 is 2.77 bits per heavy atom. The van der Waals surface area contributed by atoms with E-state index in [0.29, 0.717) is 15.6 Å². The number of halogens is 1. The molecule has 4 heteroatoms. The molecule has 0 fully saturated rings. The Kier molecular flexibility index (Phi) is 3.90. The normalized spacial score (nSPS) is 12.8. The molecule has 72 valence electrons. The number of thiophene rings is 1. The van der Waals surface area contributed by atoms with Gasteiger partial charge in [0.1, 0.15) is 6.10 Å². The maximum Gasteiger partial charge on any atom is 0.201 e. The van der Waals surface area contributed by atoms with Gasteiger partial charge in [-0.05, 0) is 18.6 Å². The van der Waals surface area contributed by atoms with Crippen LogP contribution in [0.2, 0.25) is 4.34 Å². The van der Waals surface area contributed by atoms with Crippen LogP contribution in [0.15, 0.2) is 12.1 Å². The van der Waals surface area contributed by atoms with Crippen LogP contribution in [0.25, 0.3) is 0 Å². The monoisotopic (exact) mass is 218 g/mol. The average molecular weight is 219 g/mol. The largest absolute Gasteiger partial charge is 0.373 e. The second-order valence-electron chi connectivity index (χ2n) is 2.60. The van der Waals surface area contributed by atoms with Crippen LogP contribution in [0, 0.1) is 0 Å². The highest BCUT2D eigenvalue weighted by Gasteiger charge is 2.18. The highest BCUT2D eigenvalue weighted by atomic mass is 35.5. The lowest BCUT2D eigenvalue weighted by molar-refractivity contribution is 0.0600. The summed E-state index contributed by atoms with van der Waals surface area (Å²) in [4.78, 5) is 12.3. The van der Waals surface area contributed by atoms with Crippen molar-refractivity contribution in [3.05, 3.63) is 21.3 Å². The Balaban J connectivity index is 2.78. The van der Waals surface area contributed by atoms with E-state index in [1.807, 2.05) is 6.92 Å². The van der Waals surface area contributed by atoms with Crippen LogP contribution in [-0.4, -0.2) is 19.0 Å². The summed E-state index contributed by atoms with van der Waals surface area (Å²) in [5.74, 6) is 0.0156. The Morgan fingerprint density at radius 1 is 1.69 bits per heavy atom. The first-order valence-corrected chi connectivity index (χ1v) is 5.20. The molecule has 0 aliphatic heterocycles. The number of ether oxygens (including phenoxy) is 1. The van der Waals surface area contributed by atoms with Gasteiger partial charge in [0.15, 0.2) is 0 Å². The molecule has 2 nitrogen and oxygen atoms in total. The van der Waals surface area contributed by atoms with Crippen molar-refractivity contribution in [1.29, 1.82) is 0 Å². The maximum atomic E-state index is 11.6. The first kappa shape index (κ1) is 10.7. The Morgan fingerprint density at radius 2 is 2.38 bits per heavy atom. The summed E-state index contributed by atoms with van der Waals surface area (Å²) in [6, 6.07) is 3.46. The molecule has 1 unspecified atom stereocenters. The molecule has 0 amide bonds. The van der Waals surface area contributed by atoms with Crippen molar-refractivity contribution < 1.29 is 9.53 Å². The first-order chi connectivity index (χ1) is 6.19. The molecule has 1 heterocycles. The number of Topliss-reactive ketones (excluding diaryl/α,β-unsaturated/α-hetero) is 1. The van der Waals surface area contributed by atoms with Crippen molar-refractivity contribution >= 4 is 28.7 Å². The standard InChI is InChI=1S/C9H11ClO2S/c1-3-6(12-2)9(11)7-4-5-8(10)13-7/h4-6H,3H2,1-2H3. The summed E-state index contributed by atoms with van der Waals surface area (Å²) in [7, 11) is 1.54. The second kappa shape index (κ2) is 4.74. The number of hydrogen-bond donors (Lipinski definition) is 0. The minimum atomic E-state index is -0.338.